The number of nitrogens with one attached hydrogen (secondary N) is 1. The molecule has 4 nitrogen and oxygen atoms in total. The van der Waals surface area contributed by atoms with Gasteiger partial charge in [-0.3, -0.25) is 0 Å². The lowest BCUT2D eigenvalue weighted by Gasteiger charge is -2.28. The van der Waals surface area contributed by atoms with Crippen molar-refractivity contribution in [2.75, 3.05) is 26.4 Å². The van der Waals surface area contributed by atoms with E-state index in [4.69, 9.17) is 0 Å². The number of sulfonamides is 1. The van der Waals surface area contributed by atoms with E-state index in [-0.39, 0.29) is 0 Å². The van der Waals surface area contributed by atoms with Crippen molar-refractivity contribution in [3.8, 4) is 0 Å². The molecule has 0 aliphatic carbocycles. The number of rotatable bonds is 4. The first-order valence-corrected chi connectivity index (χ1v) is 5.99. The lowest BCUT2D eigenvalue weighted by atomic mass is 10.0. The van der Waals surface area contributed by atoms with E-state index in [1.165, 1.54) is 17.0 Å². The second-order valence-corrected chi connectivity index (χ2v) is 5.40. The van der Waals surface area contributed by atoms with Gasteiger partial charge < -0.3 is 5.32 Å². The number of hydrogen-bond acceptors (Lipinski definition) is 3. The molecular weight excluding hydrogens is 176 g/mol. The van der Waals surface area contributed by atoms with E-state index >= 15 is 0 Å². The van der Waals surface area contributed by atoms with E-state index < -0.39 is 10.0 Å². The van der Waals surface area contributed by atoms with Crippen LogP contribution in [0, 0.1) is 0 Å². The first kappa shape index (κ1) is 9.95. The van der Waals surface area contributed by atoms with Gasteiger partial charge in [0.2, 0.25) is 10.0 Å². The van der Waals surface area contributed by atoms with Gasteiger partial charge in [0.1, 0.15) is 0 Å². The van der Waals surface area contributed by atoms with E-state index in [0.717, 1.165) is 13.0 Å². The SMILES string of the molecule is CN(CCC1CCN1)S(C)(=O)=O. The molecule has 0 spiro atoms. The minimum absolute atomic E-state index is 0.536. The highest BCUT2D eigenvalue weighted by molar-refractivity contribution is 7.88. The van der Waals surface area contributed by atoms with E-state index in [1.54, 1.807) is 7.05 Å². The zero-order valence-corrected chi connectivity index (χ0v) is 8.39. The van der Waals surface area contributed by atoms with Gasteiger partial charge in [0.15, 0.2) is 0 Å². The van der Waals surface area contributed by atoms with Crippen LogP contribution in [-0.2, 0) is 10.0 Å². The molecule has 0 amide bonds. The lowest BCUT2D eigenvalue weighted by molar-refractivity contribution is 0.324. The zero-order valence-electron chi connectivity index (χ0n) is 7.58. The van der Waals surface area contributed by atoms with Gasteiger partial charge in [0.25, 0.3) is 0 Å². The van der Waals surface area contributed by atoms with Crippen molar-refractivity contribution in [1.29, 1.82) is 0 Å². The molecule has 1 heterocycles. The quantitative estimate of drug-likeness (QED) is 0.661. The molecule has 1 fully saturated rings. The maximum atomic E-state index is 11.0. The van der Waals surface area contributed by atoms with E-state index in [0.29, 0.717) is 12.6 Å². The van der Waals surface area contributed by atoms with Crippen LogP contribution in [0.15, 0.2) is 0 Å². The highest BCUT2D eigenvalue weighted by atomic mass is 32.2. The van der Waals surface area contributed by atoms with Gasteiger partial charge >= 0.3 is 0 Å². The summed E-state index contributed by atoms with van der Waals surface area (Å²) < 4.78 is 23.3. The average Bonchev–Trinajstić information content (AvgIpc) is 1.81. The summed E-state index contributed by atoms with van der Waals surface area (Å²) in [7, 11) is -1.36. The molecule has 1 aliphatic heterocycles. The second kappa shape index (κ2) is 3.72. The summed E-state index contributed by atoms with van der Waals surface area (Å²) in [6.45, 7) is 1.70. The molecule has 0 saturated carbocycles. The maximum absolute atomic E-state index is 11.0. The van der Waals surface area contributed by atoms with Gasteiger partial charge in [-0.25, -0.2) is 12.7 Å². The highest BCUT2D eigenvalue weighted by Gasteiger charge is 2.18. The summed E-state index contributed by atoms with van der Waals surface area (Å²) in [5, 5.41) is 3.23. The van der Waals surface area contributed by atoms with Crippen molar-refractivity contribution in [3.05, 3.63) is 0 Å². The maximum Gasteiger partial charge on any atom is 0.210 e. The number of nitrogens with zero attached hydrogens (tertiary/aromatic N) is 1. The highest BCUT2D eigenvalue weighted by Crippen LogP contribution is 2.07. The zero-order chi connectivity index (χ0) is 9.19. The molecule has 72 valence electrons. The first-order valence-electron chi connectivity index (χ1n) is 4.15. The van der Waals surface area contributed by atoms with Crippen LogP contribution < -0.4 is 5.32 Å². The molecule has 1 unspecified atom stereocenters. The summed E-state index contributed by atoms with van der Waals surface area (Å²) in [5.74, 6) is 0. The molecule has 12 heavy (non-hydrogen) atoms. The fraction of sp³-hybridized carbons (Fsp3) is 1.00. The molecule has 1 saturated heterocycles. The third-order valence-corrected chi connectivity index (χ3v) is 3.60. The molecule has 0 aromatic rings. The average molecular weight is 192 g/mol. The van der Waals surface area contributed by atoms with Crippen molar-refractivity contribution >= 4 is 10.0 Å². The Kier molecular flexibility index (Phi) is 3.09. The molecule has 5 heteroatoms. The van der Waals surface area contributed by atoms with Crippen LogP contribution in [0.2, 0.25) is 0 Å². The smallest absolute Gasteiger partial charge is 0.210 e. The fourth-order valence-corrected chi connectivity index (χ4v) is 1.54. The number of hydrogen-bond donors (Lipinski definition) is 1. The molecule has 0 bridgehead atoms. The van der Waals surface area contributed by atoms with Gasteiger partial charge in [0, 0.05) is 19.6 Å². The third kappa shape index (κ3) is 2.73. The standard InChI is InChI=1S/C7H16N2O2S/c1-9(12(2,10)11)6-4-7-3-5-8-7/h7-8H,3-6H2,1-2H3. The molecule has 1 atom stereocenters. The normalized spacial score (nSPS) is 24.1. The van der Waals surface area contributed by atoms with Crippen molar-refractivity contribution in [2.45, 2.75) is 18.9 Å². The van der Waals surface area contributed by atoms with Gasteiger partial charge in [-0.15, -0.1) is 0 Å². The van der Waals surface area contributed by atoms with Gasteiger partial charge in [-0.1, -0.05) is 0 Å². The lowest BCUT2D eigenvalue weighted by Crippen LogP contribution is -2.44. The van der Waals surface area contributed by atoms with Crippen molar-refractivity contribution < 1.29 is 8.42 Å². The minimum atomic E-state index is -2.98. The Morgan fingerprint density at radius 1 is 1.58 bits per heavy atom. The van der Waals surface area contributed by atoms with Crippen LogP contribution in [0.5, 0.6) is 0 Å². The summed E-state index contributed by atoms with van der Waals surface area (Å²) in [6, 6.07) is 0.536. The Balaban J connectivity index is 2.22. The van der Waals surface area contributed by atoms with Crippen molar-refractivity contribution in [1.82, 2.24) is 9.62 Å². The summed E-state index contributed by atoms with van der Waals surface area (Å²) in [6.07, 6.45) is 3.34. The van der Waals surface area contributed by atoms with E-state index in [1.807, 2.05) is 0 Å². The monoisotopic (exact) mass is 192 g/mol. The first-order chi connectivity index (χ1) is 5.50. The second-order valence-electron chi connectivity index (χ2n) is 3.31. The topological polar surface area (TPSA) is 49.4 Å². The van der Waals surface area contributed by atoms with Crippen LogP contribution in [0.3, 0.4) is 0 Å². The van der Waals surface area contributed by atoms with Crippen LogP contribution in [0.4, 0.5) is 0 Å². The molecule has 0 radical (unpaired) electrons. The summed E-state index contributed by atoms with van der Waals surface area (Å²) in [5.41, 5.74) is 0. The van der Waals surface area contributed by atoms with Crippen LogP contribution >= 0.6 is 0 Å². The van der Waals surface area contributed by atoms with Crippen LogP contribution in [0.25, 0.3) is 0 Å². The Morgan fingerprint density at radius 2 is 2.17 bits per heavy atom. The van der Waals surface area contributed by atoms with Gasteiger partial charge in [-0.05, 0) is 19.4 Å². The summed E-state index contributed by atoms with van der Waals surface area (Å²) in [4.78, 5) is 0. The largest absolute Gasteiger partial charge is 0.314 e. The molecule has 1 N–H and O–H groups in total. The third-order valence-electron chi connectivity index (χ3n) is 2.28. The molecule has 0 aromatic carbocycles. The Morgan fingerprint density at radius 3 is 2.50 bits per heavy atom. The van der Waals surface area contributed by atoms with Crippen molar-refractivity contribution in [2.24, 2.45) is 0 Å². The predicted molar refractivity (Wildman–Crippen MR) is 48.5 cm³/mol. The molecular formula is C7H16N2O2S. The Labute approximate surface area is 74.0 Å². The van der Waals surface area contributed by atoms with Gasteiger partial charge in [0.05, 0.1) is 6.26 Å². The molecule has 1 aliphatic rings. The van der Waals surface area contributed by atoms with Crippen molar-refractivity contribution in [3.63, 3.8) is 0 Å². The molecule has 1 rings (SSSR count). The Hall–Kier alpha value is -0.130. The predicted octanol–water partition coefficient (Wildman–Crippen LogP) is -0.370. The van der Waals surface area contributed by atoms with Gasteiger partial charge in [-0.2, -0.15) is 0 Å². The summed E-state index contributed by atoms with van der Waals surface area (Å²) >= 11 is 0. The molecule has 0 aromatic heterocycles. The van der Waals surface area contributed by atoms with Crippen LogP contribution in [-0.4, -0.2) is 45.2 Å². The van der Waals surface area contributed by atoms with Crippen LogP contribution in [0.1, 0.15) is 12.8 Å². The van der Waals surface area contributed by atoms with E-state index in [2.05, 4.69) is 5.32 Å². The van der Waals surface area contributed by atoms with E-state index in [9.17, 15) is 8.42 Å². The Bertz CT molecular complexity index is 234. The minimum Gasteiger partial charge on any atom is -0.314 e. The fourth-order valence-electron chi connectivity index (χ4n) is 1.10.